The summed E-state index contributed by atoms with van der Waals surface area (Å²) >= 11 is 0. The minimum Gasteiger partial charge on any atom is -0.376 e. The summed E-state index contributed by atoms with van der Waals surface area (Å²) in [5, 5.41) is 3.84. The Bertz CT molecular complexity index is 644. The maximum absolute atomic E-state index is 12.4. The van der Waals surface area contributed by atoms with Crippen molar-refractivity contribution in [2.75, 3.05) is 18.9 Å². The number of piperidine rings is 1. The Labute approximate surface area is 164 Å². The summed E-state index contributed by atoms with van der Waals surface area (Å²) in [5.74, 6) is 5.64. The number of rotatable bonds is 3. The molecule has 0 aromatic rings. The number of sulfonamides is 1. The molecule has 1 spiro atoms. The van der Waals surface area contributed by atoms with Gasteiger partial charge in [-0.3, -0.25) is 4.90 Å². The van der Waals surface area contributed by atoms with Crippen LogP contribution in [0.2, 0.25) is 0 Å². The molecule has 8 heteroatoms. The quantitative estimate of drug-likeness (QED) is 0.558. The van der Waals surface area contributed by atoms with Crippen LogP contribution in [0, 0.1) is 0 Å². The lowest BCUT2D eigenvalue weighted by Crippen LogP contribution is -2.71. The van der Waals surface area contributed by atoms with E-state index in [0.29, 0.717) is 6.61 Å². The van der Waals surface area contributed by atoms with Crippen LogP contribution in [0.5, 0.6) is 0 Å². The number of nitrogens with two attached hydrogens (primary N) is 1. The predicted molar refractivity (Wildman–Crippen MR) is 108 cm³/mol. The van der Waals surface area contributed by atoms with Gasteiger partial charge < -0.3 is 10.6 Å². The first-order valence-corrected chi connectivity index (χ1v) is 12.0. The molecular formula is C19H36N4O3S. The number of likely N-dealkylation sites (tertiary alicyclic amines) is 1. The lowest BCUT2D eigenvalue weighted by atomic mass is 9.76. The summed E-state index contributed by atoms with van der Waals surface area (Å²) in [6.07, 6.45) is 7.40. The average molecular weight is 401 g/mol. The summed E-state index contributed by atoms with van der Waals surface area (Å²) in [4.78, 5) is 2.46. The monoisotopic (exact) mass is 400 g/mol. The van der Waals surface area contributed by atoms with Crippen LogP contribution in [0.3, 0.4) is 0 Å². The predicted octanol–water partition coefficient (Wildman–Crippen LogP) is 1.98. The number of nitrogens with zero attached hydrogens (tertiary/aromatic N) is 2. The van der Waals surface area contributed by atoms with Gasteiger partial charge in [-0.05, 0) is 78.7 Å². The first kappa shape index (κ1) is 21.0. The highest BCUT2D eigenvalue weighted by atomic mass is 32.2. The molecule has 3 fully saturated rings. The number of ether oxygens (including phenoxy) is 1. The van der Waals surface area contributed by atoms with E-state index in [0.717, 1.165) is 63.6 Å². The van der Waals surface area contributed by atoms with Crippen molar-refractivity contribution in [3.8, 4) is 0 Å². The normalized spacial score (nSPS) is 35.3. The molecule has 0 aromatic heterocycles. The third-order valence-electron chi connectivity index (χ3n) is 6.47. The zero-order chi connectivity index (χ0) is 19.7. The fourth-order valence-electron chi connectivity index (χ4n) is 5.09. The maximum Gasteiger partial charge on any atom is 0.212 e. The van der Waals surface area contributed by atoms with Gasteiger partial charge in [0.1, 0.15) is 0 Å². The van der Waals surface area contributed by atoms with Crippen molar-refractivity contribution >= 4 is 15.7 Å². The van der Waals surface area contributed by atoms with E-state index in [2.05, 4.69) is 35.5 Å². The van der Waals surface area contributed by atoms with Gasteiger partial charge in [0.2, 0.25) is 10.0 Å². The molecule has 156 valence electrons. The smallest absolute Gasteiger partial charge is 0.212 e. The van der Waals surface area contributed by atoms with Crippen LogP contribution < -0.4 is 10.6 Å². The van der Waals surface area contributed by atoms with Gasteiger partial charge in [-0.1, -0.05) is 0 Å². The topological polar surface area (TPSA) is 97.0 Å². The van der Waals surface area contributed by atoms with Crippen LogP contribution in [0.15, 0.2) is 5.10 Å². The minimum atomic E-state index is -3.21. The van der Waals surface area contributed by atoms with Crippen LogP contribution in [0.25, 0.3) is 0 Å². The third-order valence-corrected chi connectivity index (χ3v) is 8.02. The lowest BCUT2D eigenvalue weighted by molar-refractivity contribution is -0.0745. The Kier molecular flexibility index (Phi) is 6.20. The second kappa shape index (κ2) is 7.97. The van der Waals surface area contributed by atoms with Crippen LogP contribution in [0.4, 0.5) is 0 Å². The molecule has 27 heavy (non-hydrogen) atoms. The number of nitrogens with one attached hydrogen (secondary N) is 1. The summed E-state index contributed by atoms with van der Waals surface area (Å²) in [6, 6.07) is 0.0610. The van der Waals surface area contributed by atoms with Gasteiger partial charge in [0.05, 0.1) is 30.0 Å². The molecule has 2 aliphatic heterocycles. The third kappa shape index (κ3) is 4.83. The van der Waals surface area contributed by atoms with Gasteiger partial charge in [-0.15, -0.1) is 0 Å². The van der Waals surface area contributed by atoms with Crippen molar-refractivity contribution < 1.29 is 13.2 Å². The van der Waals surface area contributed by atoms with Gasteiger partial charge in [-0.2, -0.15) is 5.10 Å². The minimum absolute atomic E-state index is 0.0315. The molecule has 2 heterocycles. The van der Waals surface area contributed by atoms with Crippen molar-refractivity contribution in [1.82, 2.24) is 9.62 Å². The Morgan fingerprint density at radius 1 is 1.26 bits per heavy atom. The Hall–Kier alpha value is -0.700. The van der Waals surface area contributed by atoms with Crippen LogP contribution in [0.1, 0.15) is 72.1 Å². The van der Waals surface area contributed by atoms with Gasteiger partial charge in [0.25, 0.3) is 0 Å². The highest BCUT2D eigenvalue weighted by Gasteiger charge is 2.51. The van der Waals surface area contributed by atoms with Gasteiger partial charge in [0.15, 0.2) is 0 Å². The van der Waals surface area contributed by atoms with Gasteiger partial charge >= 0.3 is 0 Å². The zero-order valence-corrected chi connectivity index (χ0v) is 17.9. The van der Waals surface area contributed by atoms with Crippen LogP contribution in [-0.4, -0.2) is 61.2 Å². The molecular weight excluding hydrogens is 364 g/mol. The molecule has 0 amide bonds. The summed E-state index contributed by atoms with van der Waals surface area (Å²) in [6.45, 7) is 8.18. The lowest BCUT2D eigenvalue weighted by Gasteiger charge is -2.55. The molecule has 1 aliphatic carbocycles. The summed E-state index contributed by atoms with van der Waals surface area (Å²) < 4.78 is 34.3. The SMILES string of the molecule is CC(C)(C)N1CCCC2(CCCS(=O)(=O)N2)C1COC1CCC(=NN)CC1. The number of hydrazone groups is 1. The van der Waals surface area contributed by atoms with E-state index < -0.39 is 15.6 Å². The zero-order valence-electron chi connectivity index (χ0n) is 17.0. The molecule has 0 bridgehead atoms. The van der Waals surface area contributed by atoms with Crippen molar-refractivity contribution in [3.63, 3.8) is 0 Å². The highest BCUT2D eigenvalue weighted by molar-refractivity contribution is 7.89. The molecule has 0 aromatic carbocycles. The Morgan fingerprint density at radius 3 is 2.52 bits per heavy atom. The standard InChI is InChI=1S/C19H36N4O3S/c1-18(2,3)23-12-4-10-19(11-5-13-27(24,25)22-19)17(23)14-26-16-8-6-15(21-20)7-9-16/h16-17,22H,4-14,20H2,1-3H3. The average Bonchev–Trinajstić information content (AvgIpc) is 2.59. The van der Waals surface area contributed by atoms with E-state index >= 15 is 0 Å². The second-order valence-electron chi connectivity index (χ2n) is 9.39. The molecule has 3 aliphatic rings. The molecule has 3 N–H and O–H groups in total. The molecule has 3 rings (SSSR count). The van der Waals surface area contributed by atoms with Crippen molar-refractivity contribution in [3.05, 3.63) is 0 Å². The fraction of sp³-hybridized carbons (Fsp3) is 0.947. The largest absolute Gasteiger partial charge is 0.376 e. The molecule has 2 saturated heterocycles. The number of hydrogen-bond acceptors (Lipinski definition) is 6. The van der Waals surface area contributed by atoms with Gasteiger partial charge in [-0.25, -0.2) is 13.1 Å². The number of hydrogen-bond donors (Lipinski definition) is 2. The first-order chi connectivity index (χ1) is 12.7. The summed E-state index contributed by atoms with van der Waals surface area (Å²) in [7, 11) is -3.21. The second-order valence-corrected chi connectivity index (χ2v) is 11.2. The van der Waals surface area contributed by atoms with E-state index in [9.17, 15) is 8.42 Å². The Balaban J connectivity index is 1.76. The molecule has 7 nitrogen and oxygen atoms in total. The Morgan fingerprint density at radius 2 is 1.93 bits per heavy atom. The van der Waals surface area contributed by atoms with Crippen molar-refractivity contribution in [1.29, 1.82) is 0 Å². The van der Waals surface area contributed by atoms with Crippen LogP contribution >= 0.6 is 0 Å². The van der Waals surface area contributed by atoms with Crippen molar-refractivity contribution in [2.45, 2.75) is 95.4 Å². The van der Waals surface area contributed by atoms with Crippen LogP contribution in [-0.2, 0) is 14.8 Å². The molecule has 1 saturated carbocycles. The highest BCUT2D eigenvalue weighted by Crippen LogP contribution is 2.39. The van der Waals surface area contributed by atoms with Gasteiger partial charge in [0, 0.05) is 11.3 Å². The summed E-state index contributed by atoms with van der Waals surface area (Å²) in [5.41, 5.74) is 0.637. The molecule has 2 unspecified atom stereocenters. The molecule has 0 radical (unpaired) electrons. The van der Waals surface area contributed by atoms with E-state index in [1.807, 2.05) is 0 Å². The first-order valence-electron chi connectivity index (χ1n) is 10.3. The maximum atomic E-state index is 12.4. The van der Waals surface area contributed by atoms with E-state index in [1.54, 1.807) is 0 Å². The van der Waals surface area contributed by atoms with E-state index in [-0.39, 0.29) is 23.4 Å². The molecule has 2 atom stereocenters. The van der Waals surface area contributed by atoms with E-state index in [4.69, 9.17) is 10.6 Å². The fourth-order valence-corrected chi connectivity index (χ4v) is 6.67. The van der Waals surface area contributed by atoms with Crippen molar-refractivity contribution in [2.24, 2.45) is 10.9 Å². The van der Waals surface area contributed by atoms with E-state index in [1.165, 1.54) is 0 Å².